The molecule has 0 unspecified atom stereocenters. The molecule has 3 amide bonds. The minimum atomic E-state index is -0.289. The van der Waals surface area contributed by atoms with Gasteiger partial charge in [0, 0.05) is 22.5 Å². The van der Waals surface area contributed by atoms with E-state index in [1.54, 1.807) is 0 Å². The SMILES string of the molecule is O=C(CSc1ccccc1Br)N1CCNC1=O. The maximum absolute atomic E-state index is 11.8. The van der Waals surface area contributed by atoms with Crippen molar-refractivity contribution in [3.05, 3.63) is 28.7 Å². The third-order valence-corrected chi connectivity index (χ3v) is 4.36. The highest BCUT2D eigenvalue weighted by Crippen LogP contribution is 2.27. The maximum atomic E-state index is 11.8. The van der Waals surface area contributed by atoms with Gasteiger partial charge in [0.25, 0.3) is 0 Å². The fraction of sp³-hybridized carbons (Fsp3) is 0.273. The number of hydrogen-bond acceptors (Lipinski definition) is 3. The van der Waals surface area contributed by atoms with Crippen LogP contribution in [0.15, 0.2) is 33.6 Å². The fourth-order valence-corrected chi connectivity index (χ4v) is 2.93. The first-order valence-corrected chi connectivity index (χ1v) is 6.92. The zero-order chi connectivity index (χ0) is 12.3. The molecule has 0 spiro atoms. The molecule has 0 aromatic heterocycles. The Hall–Kier alpha value is -1.01. The minimum Gasteiger partial charge on any atom is -0.336 e. The normalized spacial score (nSPS) is 14.9. The monoisotopic (exact) mass is 314 g/mol. The number of nitrogens with zero attached hydrogens (tertiary/aromatic N) is 1. The van der Waals surface area contributed by atoms with Crippen LogP contribution in [0.3, 0.4) is 0 Å². The van der Waals surface area contributed by atoms with Crippen LogP contribution in [0.25, 0.3) is 0 Å². The minimum absolute atomic E-state index is 0.152. The lowest BCUT2D eigenvalue weighted by Gasteiger charge is -2.11. The van der Waals surface area contributed by atoms with E-state index < -0.39 is 0 Å². The predicted molar refractivity (Wildman–Crippen MR) is 70.0 cm³/mol. The number of thioether (sulfide) groups is 1. The van der Waals surface area contributed by atoms with Gasteiger partial charge in [-0.05, 0) is 28.1 Å². The van der Waals surface area contributed by atoms with Crippen molar-refractivity contribution in [2.24, 2.45) is 0 Å². The Morgan fingerprint density at radius 3 is 2.88 bits per heavy atom. The molecule has 17 heavy (non-hydrogen) atoms. The topological polar surface area (TPSA) is 49.4 Å². The molecule has 0 atom stereocenters. The summed E-state index contributed by atoms with van der Waals surface area (Å²) >= 11 is 4.84. The Morgan fingerprint density at radius 1 is 1.47 bits per heavy atom. The summed E-state index contributed by atoms with van der Waals surface area (Å²) in [5.74, 6) is 0.122. The molecule has 0 radical (unpaired) electrons. The summed E-state index contributed by atoms with van der Waals surface area (Å²) in [6.07, 6.45) is 0. The number of benzene rings is 1. The second kappa shape index (κ2) is 5.55. The Balaban J connectivity index is 1.92. The van der Waals surface area contributed by atoms with E-state index in [0.29, 0.717) is 13.1 Å². The molecule has 2 rings (SSSR count). The highest BCUT2D eigenvalue weighted by molar-refractivity contribution is 9.10. The molecule has 4 nitrogen and oxygen atoms in total. The summed E-state index contributed by atoms with van der Waals surface area (Å²) in [4.78, 5) is 25.3. The van der Waals surface area contributed by atoms with Crippen LogP contribution in [0, 0.1) is 0 Å². The van der Waals surface area contributed by atoms with Crippen LogP contribution in [0.5, 0.6) is 0 Å². The Labute approximate surface area is 112 Å². The van der Waals surface area contributed by atoms with Crippen LogP contribution in [-0.4, -0.2) is 35.7 Å². The number of rotatable bonds is 3. The molecule has 6 heteroatoms. The third-order valence-electron chi connectivity index (χ3n) is 2.35. The zero-order valence-corrected chi connectivity index (χ0v) is 11.4. The first-order valence-electron chi connectivity index (χ1n) is 5.14. The number of imide groups is 1. The van der Waals surface area contributed by atoms with Gasteiger partial charge in [0.05, 0.1) is 5.75 Å². The Morgan fingerprint density at radius 2 is 2.24 bits per heavy atom. The van der Waals surface area contributed by atoms with Crippen molar-refractivity contribution in [1.82, 2.24) is 10.2 Å². The van der Waals surface area contributed by atoms with Crippen molar-refractivity contribution in [2.45, 2.75) is 4.90 Å². The third kappa shape index (κ3) is 3.01. The number of halogens is 1. The van der Waals surface area contributed by atoms with Gasteiger partial charge in [0.2, 0.25) is 5.91 Å². The van der Waals surface area contributed by atoms with Gasteiger partial charge in [-0.1, -0.05) is 12.1 Å². The van der Waals surface area contributed by atoms with Crippen LogP contribution in [0.1, 0.15) is 0 Å². The van der Waals surface area contributed by atoms with Gasteiger partial charge in [0.1, 0.15) is 0 Å². The molecule has 1 aliphatic heterocycles. The summed E-state index contributed by atoms with van der Waals surface area (Å²) in [5, 5.41) is 2.61. The number of urea groups is 1. The highest BCUT2D eigenvalue weighted by Gasteiger charge is 2.25. The first-order chi connectivity index (χ1) is 8.18. The van der Waals surface area contributed by atoms with E-state index in [4.69, 9.17) is 0 Å². The van der Waals surface area contributed by atoms with Crippen LogP contribution in [0.4, 0.5) is 4.79 Å². The van der Waals surface area contributed by atoms with Gasteiger partial charge in [-0.15, -0.1) is 11.8 Å². The molecule has 1 aliphatic rings. The van der Waals surface area contributed by atoms with Crippen molar-refractivity contribution < 1.29 is 9.59 Å². The number of nitrogens with one attached hydrogen (secondary N) is 1. The van der Waals surface area contributed by atoms with E-state index in [1.165, 1.54) is 16.7 Å². The molecule has 1 fully saturated rings. The Bertz CT molecular complexity index is 453. The van der Waals surface area contributed by atoms with Crippen molar-refractivity contribution >= 4 is 39.6 Å². The zero-order valence-electron chi connectivity index (χ0n) is 8.98. The smallest absolute Gasteiger partial charge is 0.324 e. The predicted octanol–water partition coefficient (Wildman–Crippen LogP) is 2.09. The van der Waals surface area contributed by atoms with E-state index in [2.05, 4.69) is 21.2 Å². The summed E-state index contributed by atoms with van der Waals surface area (Å²) < 4.78 is 0.962. The van der Waals surface area contributed by atoms with Crippen LogP contribution >= 0.6 is 27.7 Å². The van der Waals surface area contributed by atoms with Crippen molar-refractivity contribution in [2.75, 3.05) is 18.8 Å². The van der Waals surface area contributed by atoms with Gasteiger partial charge in [0.15, 0.2) is 0 Å². The van der Waals surface area contributed by atoms with Gasteiger partial charge >= 0.3 is 6.03 Å². The fourth-order valence-electron chi connectivity index (χ4n) is 1.49. The molecular weight excluding hydrogens is 304 g/mol. The summed E-state index contributed by atoms with van der Waals surface area (Å²) in [6, 6.07) is 7.41. The summed E-state index contributed by atoms with van der Waals surface area (Å²) in [7, 11) is 0. The molecule has 1 aromatic rings. The van der Waals surface area contributed by atoms with Crippen molar-refractivity contribution in [3.63, 3.8) is 0 Å². The van der Waals surface area contributed by atoms with Gasteiger partial charge in [-0.25, -0.2) is 4.79 Å². The van der Waals surface area contributed by atoms with E-state index in [0.717, 1.165) is 9.37 Å². The molecule has 90 valence electrons. The molecule has 0 saturated carbocycles. The number of amides is 3. The number of carbonyl (C=O) groups is 2. The van der Waals surface area contributed by atoms with Crippen LogP contribution < -0.4 is 5.32 Å². The van der Waals surface area contributed by atoms with E-state index in [9.17, 15) is 9.59 Å². The molecule has 0 aliphatic carbocycles. The molecular formula is C11H11BrN2O2S. The quantitative estimate of drug-likeness (QED) is 0.869. The highest BCUT2D eigenvalue weighted by atomic mass is 79.9. The second-order valence-electron chi connectivity index (χ2n) is 3.50. The largest absolute Gasteiger partial charge is 0.336 e. The van der Waals surface area contributed by atoms with Gasteiger partial charge in [-0.2, -0.15) is 0 Å². The lowest BCUT2D eigenvalue weighted by atomic mass is 10.4. The average Bonchev–Trinajstić information content (AvgIpc) is 2.74. The molecule has 0 bridgehead atoms. The lowest BCUT2D eigenvalue weighted by molar-refractivity contribution is -0.124. The Kier molecular flexibility index (Phi) is 4.06. The standard InChI is InChI=1S/C11H11BrN2O2S/c12-8-3-1-2-4-9(8)17-7-10(15)14-6-5-13-11(14)16/h1-4H,5-7H2,(H,13,16). The molecule has 1 aromatic carbocycles. The van der Waals surface area contributed by atoms with Gasteiger partial charge in [-0.3, -0.25) is 9.69 Å². The second-order valence-corrected chi connectivity index (χ2v) is 5.37. The van der Waals surface area contributed by atoms with Crippen LogP contribution in [-0.2, 0) is 4.79 Å². The van der Waals surface area contributed by atoms with Crippen LogP contribution in [0.2, 0.25) is 0 Å². The maximum Gasteiger partial charge on any atom is 0.324 e. The lowest BCUT2D eigenvalue weighted by Crippen LogP contribution is -2.35. The van der Waals surface area contributed by atoms with E-state index in [-0.39, 0.29) is 17.7 Å². The summed E-state index contributed by atoms with van der Waals surface area (Å²) in [6.45, 7) is 1.01. The molecule has 1 N–H and O–H groups in total. The number of hydrogen-bond donors (Lipinski definition) is 1. The summed E-state index contributed by atoms with van der Waals surface area (Å²) in [5.41, 5.74) is 0. The molecule has 1 saturated heterocycles. The van der Waals surface area contributed by atoms with Gasteiger partial charge < -0.3 is 5.32 Å². The first kappa shape index (κ1) is 12.4. The average molecular weight is 315 g/mol. The number of carbonyl (C=O) groups excluding carboxylic acids is 2. The molecule has 1 heterocycles. The van der Waals surface area contributed by atoms with Crippen molar-refractivity contribution in [3.8, 4) is 0 Å². The van der Waals surface area contributed by atoms with E-state index >= 15 is 0 Å². The van der Waals surface area contributed by atoms with E-state index in [1.807, 2.05) is 24.3 Å². The van der Waals surface area contributed by atoms with Crippen molar-refractivity contribution in [1.29, 1.82) is 0 Å².